The predicted octanol–water partition coefficient (Wildman–Crippen LogP) is 2.19. The van der Waals surface area contributed by atoms with Crippen LogP contribution in [-0.4, -0.2) is 14.3 Å². The number of amidine groups is 1. The third kappa shape index (κ3) is 2.30. The number of hydrogen-bond donors (Lipinski definition) is 1. The molecule has 0 aromatic heterocycles. The molecule has 0 fully saturated rings. The average molecular weight is 276 g/mol. The first-order chi connectivity index (χ1) is 9.07. The fourth-order valence-corrected chi connectivity index (χ4v) is 3.89. The second-order valence-electron chi connectivity index (χ2n) is 5.02. The van der Waals surface area contributed by atoms with E-state index in [0.717, 1.165) is 29.5 Å². The standard InChI is InChI=1S/C14H16N2O2S/c15-14-13-11(9-19(17,18)16-14)7-4-8-12(13)10-5-2-1-3-6-10/h4-5,7-8H,1-3,6,9H2,(H2,15,16). The van der Waals surface area contributed by atoms with Crippen molar-refractivity contribution in [1.82, 2.24) is 0 Å². The number of fused-ring (bicyclic) bond motifs is 1. The molecule has 0 saturated heterocycles. The Morgan fingerprint density at radius 1 is 1.21 bits per heavy atom. The lowest BCUT2D eigenvalue weighted by molar-refractivity contribution is 0.596. The number of sulfonamides is 1. The zero-order chi connectivity index (χ0) is 13.5. The van der Waals surface area contributed by atoms with Gasteiger partial charge < -0.3 is 5.73 Å². The van der Waals surface area contributed by atoms with Gasteiger partial charge in [-0.25, -0.2) is 8.42 Å². The maximum atomic E-state index is 11.6. The SMILES string of the molecule is NC1=NS(=O)(=O)Cc2cccc(C3=CCCCC3)c21. The summed E-state index contributed by atoms with van der Waals surface area (Å²) in [5, 5.41) is 0. The molecule has 19 heavy (non-hydrogen) atoms. The zero-order valence-corrected chi connectivity index (χ0v) is 11.4. The Morgan fingerprint density at radius 2 is 2.05 bits per heavy atom. The van der Waals surface area contributed by atoms with Gasteiger partial charge in [0, 0.05) is 5.56 Å². The third-order valence-electron chi connectivity index (χ3n) is 3.62. The van der Waals surface area contributed by atoms with E-state index in [1.165, 1.54) is 18.4 Å². The Kier molecular flexibility index (Phi) is 2.93. The summed E-state index contributed by atoms with van der Waals surface area (Å²) in [5.74, 6) is 0.0766. The lowest BCUT2D eigenvalue weighted by Gasteiger charge is -2.21. The molecular formula is C14H16N2O2S. The maximum Gasteiger partial charge on any atom is 0.259 e. The molecule has 4 nitrogen and oxygen atoms in total. The molecule has 1 aliphatic heterocycles. The van der Waals surface area contributed by atoms with Crippen LogP contribution in [0.1, 0.15) is 42.4 Å². The molecule has 2 aliphatic rings. The van der Waals surface area contributed by atoms with Crippen LogP contribution in [0, 0.1) is 0 Å². The van der Waals surface area contributed by atoms with Crippen molar-refractivity contribution < 1.29 is 8.42 Å². The number of benzene rings is 1. The molecule has 5 heteroatoms. The van der Waals surface area contributed by atoms with E-state index in [4.69, 9.17) is 5.73 Å². The topological polar surface area (TPSA) is 72.5 Å². The highest BCUT2D eigenvalue weighted by Gasteiger charge is 2.25. The average Bonchev–Trinajstić information content (AvgIpc) is 2.37. The first-order valence-corrected chi connectivity index (χ1v) is 8.07. The Balaban J connectivity index is 2.17. The highest BCUT2D eigenvalue weighted by Crippen LogP contribution is 2.32. The Morgan fingerprint density at radius 3 is 2.79 bits per heavy atom. The molecule has 0 spiro atoms. The fourth-order valence-electron chi connectivity index (χ4n) is 2.80. The number of rotatable bonds is 1. The molecule has 0 radical (unpaired) electrons. The van der Waals surface area contributed by atoms with Gasteiger partial charge in [0.1, 0.15) is 5.84 Å². The maximum absolute atomic E-state index is 11.6. The summed E-state index contributed by atoms with van der Waals surface area (Å²) < 4.78 is 26.9. The minimum Gasteiger partial charge on any atom is -0.383 e. The molecular weight excluding hydrogens is 260 g/mol. The molecule has 1 aliphatic carbocycles. The summed E-state index contributed by atoms with van der Waals surface area (Å²) in [4.78, 5) is 0. The van der Waals surface area contributed by atoms with Crippen LogP contribution in [0.2, 0.25) is 0 Å². The summed E-state index contributed by atoms with van der Waals surface area (Å²) in [5.41, 5.74) is 9.76. The molecule has 0 bridgehead atoms. The van der Waals surface area contributed by atoms with Crippen molar-refractivity contribution in [3.63, 3.8) is 0 Å². The summed E-state index contributed by atoms with van der Waals surface area (Å²) in [7, 11) is -3.45. The van der Waals surface area contributed by atoms with Crippen molar-refractivity contribution in [2.24, 2.45) is 10.1 Å². The smallest absolute Gasteiger partial charge is 0.259 e. The van der Waals surface area contributed by atoms with Crippen molar-refractivity contribution in [3.05, 3.63) is 41.0 Å². The van der Waals surface area contributed by atoms with Gasteiger partial charge in [-0.2, -0.15) is 0 Å². The van der Waals surface area contributed by atoms with E-state index < -0.39 is 10.0 Å². The monoisotopic (exact) mass is 276 g/mol. The summed E-state index contributed by atoms with van der Waals surface area (Å²) in [6.07, 6.45) is 6.72. The first kappa shape index (κ1) is 12.4. The van der Waals surface area contributed by atoms with Crippen LogP contribution in [0.25, 0.3) is 5.57 Å². The molecule has 0 amide bonds. The van der Waals surface area contributed by atoms with Crippen molar-refractivity contribution >= 4 is 21.4 Å². The second kappa shape index (κ2) is 4.49. The van der Waals surface area contributed by atoms with E-state index in [2.05, 4.69) is 10.5 Å². The van der Waals surface area contributed by atoms with Gasteiger partial charge >= 0.3 is 0 Å². The quantitative estimate of drug-likeness (QED) is 0.854. The Hall–Kier alpha value is -1.62. The summed E-state index contributed by atoms with van der Waals surface area (Å²) >= 11 is 0. The van der Waals surface area contributed by atoms with E-state index in [1.54, 1.807) is 0 Å². The van der Waals surface area contributed by atoms with E-state index in [-0.39, 0.29) is 11.6 Å². The van der Waals surface area contributed by atoms with Gasteiger partial charge in [0.25, 0.3) is 10.0 Å². The lowest BCUT2D eigenvalue weighted by atomic mass is 9.88. The van der Waals surface area contributed by atoms with Crippen molar-refractivity contribution in [2.45, 2.75) is 31.4 Å². The number of hydrogen-bond acceptors (Lipinski definition) is 3. The Labute approximate surface area is 113 Å². The molecule has 1 aromatic carbocycles. The van der Waals surface area contributed by atoms with Gasteiger partial charge in [0.05, 0.1) is 5.75 Å². The first-order valence-electron chi connectivity index (χ1n) is 6.46. The van der Waals surface area contributed by atoms with Crippen molar-refractivity contribution in [1.29, 1.82) is 0 Å². The minimum atomic E-state index is -3.45. The summed E-state index contributed by atoms with van der Waals surface area (Å²) in [6.45, 7) is 0. The van der Waals surface area contributed by atoms with Gasteiger partial charge in [-0.1, -0.05) is 24.3 Å². The summed E-state index contributed by atoms with van der Waals surface area (Å²) in [6, 6.07) is 5.73. The minimum absolute atomic E-state index is 0.0514. The normalized spacial score (nSPS) is 21.3. The molecule has 2 N–H and O–H groups in total. The molecule has 0 unspecified atom stereocenters. The van der Waals surface area contributed by atoms with Gasteiger partial charge in [0.2, 0.25) is 0 Å². The van der Waals surface area contributed by atoms with Crippen LogP contribution in [0.3, 0.4) is 0 Å². The zero-order valence-electron chi connectivity index (χ0n) is 10.6. The molecule has 0 saturated carbocycles. The van der Waals surface area contributed by atoms with Crippen molar-refractivity contribution in [3.8, 4) is 0 Å². The van der Waals surface area contributed by atoms with Crippen LogP contribution in [-0.2, 0) is 15.8 Å². The fraction of sp³-hybridized carbons (Fsp3) is 0.357. The van der Waals surface area contributed by atoms with Crippen LogP contribution < -0.4 is 5.73 Å². The van der Waals surface area contributed by atoms with Gasteiger partial charge in [0.15, 0.2) is 0 Å². The third-order valence-corrected chi connectivity index (χ3v) is 4.77. The van der Waals surface area contributed by atoms with E-state index >= 15 is 0 Å². The van der Waals surface area contributed by atoms with E-state index in [9.17, 15) is 8.42 Å². The van der Waals surface area contributed by atoms with Gasteiger partial charge in [-0.15, -0.1) is 4.40 Å². The number of allylic oxidation sites excluding steroid dienone is 2. The molecule has 0 atom stereocenters. The molecule has 100 valence electrons. The lowest BCUT2D eigenvalue weighted by Crippen LogP contribution is -2.25. The Bertz CT molecular complexity index is 687. The molecule has 1 aromatic rings. The molecule has 3 rings (SSSR count). The van der Waals surface area contributed by atoms with E-state index in [0.29, 0.717) is 0 Å². The van der Waals surface area contributed by atoms with Crippen LogP contribution in [0.15, 0.2) is 28.7 Å². The van der Waals surface area contributed by atoms with E-state index in [1.807, 2.05) is 18.2 Å². The number of nitrogens with zero attached hydrogens (tertiary/aromatic N) is 1. The van der Waals surface area contributed by atoms with Crippen LogP contribution in [0.4, 0.5) is 0 Å². The van der Waals surface area contributed by atoms with Crippen LogP contribution >= 0.6 is 0 Å². The highest BCUT2D eigenvalue weighted by molar-refractivity contribution is 7.89. The van der Waals surface area contributed by atoms with Gasteiger partial charge in [-0.3, -0.25) is 0 Å². The van der Waals surface area contributed by atoms with Crippen molar-refractivity contribution in [2.75, 3.05) is 0 Å². The largest absolute Gasteiger partial charge is 0.383 e. The van der Waals surface area contributed by atoms with Crippen LogP contribution in [0.5, 0.6) is 0 Å². The van der Waals surface area contributed by atoms with Gasteiger partial charge in [-0.05, 0) is 42.4 Å². The second-order valence-corrected chi connectivity index (χ2v) is 6.65. The molecule has 1 heterocycles. The number of nitrogens with two attached hydrogens (primary N) is 1. The highest BCUT2D eigenvalue weighted by atomic mass is 32.2. The predicted molar refractivity (Wildman–Crippen MR) is 76.2 cm³/mol.